The molecule has 4 nitrogen and oxygen atoms in total. The first-order chi connectivity index (χ1) is 9.22. The Balaban J connectivity index is 2.03. The maximum atomic E-state index is 11.4. The number of hydrogen-bond acceptors (Lipinski definition) is 3. The van der Waals surface area contributed by atoms with Crippen LogP contribution in [-0.4, -0.2) is 18.1 Å². The Kier molecular flexibility index (Phi) is 2.75. The van der Waals surface area contributed by atoms with Crippen LogP contribution in [0.5, 0.6) is 0 Å². The van der Waals surface area contributed by atoms with Gasteiger partial charge in [0.05, 0.1) is 25.2 Å². The molecule has 0 saturated heterocycles. The summed E-state index contributed by atoms with van der Waals surface area (Å²) in [6.07, 6.45) is 2.33. The normalized spacial score (nSPS) is 17.2. The lowest BCUT2D eigenvalue weighted by molar-refractivity contribution is -0.141. The Labute approximate surface area is 111 Å². The lowest BCUT2D eigenvalue weighted by Crippen LogP contribution is -2.06. The smallest absolute Gasteiger partial charge is 0.306 e. The molecule has 1 N–H and O–H groups in total. The maximum Gasteiger partial charge on any atom is 0.306 e. The molecule has 3 rings (SSSR count). The van der Waals surface area contributed by atoms with Gasteiger partial charge in [0.25, 0.3) is 0 Å². The van der Waals surface area contributed by atoms with E-state index in [-0.39, 0.29) is 11.9 Å². The van der Waals surface area contributed by atoms with Crippen LogP contribution in [0, 0.1) is 11.3 Å². The van der Waals surface area contributed by atoms with E-state index in [1.54, 1.807) is 0 Å². The first-order valence-electron chi connectivity index (χ1n) is 6.34. The van der Waals surface area contributed by atoms with Crippen molar-refractivity contribution in [3.05, 3.63) is 35.0 Å². The minimum absolute atomic E-state index is 0.172. The quantitative estimate of drug-likeness (QED) is 0.838. The summed E-state index contributed by atoms with van der Waals surface area (Å²) in [5.74, 6) is 0.0367. The predicted octanol–water partition coefficient (Wildman–Crippen LogP) is 2.63. The van der Waals surface area contributed by atoms with Gasteiger partial charge in [-0.3, -0.25) is 4.79 Å². The number of aromatic amines is 1. The van der Waals surface area contributed by atoms with Gasteiger partial charge in [0.2, 0.25) is 0 Å². The topological polar surface area (TPSA) is 65.9 Å². The number of methoxy groups -OCH3 is 1. The van der Waals surface area contributed by atoms with Crippen molar-refractivity contribution >= 4 is 16.9 Å². The number of H-pyrrole nitrogens is 1. The molecule has 19 heavy (non-hydrogen) atoms. The van der Waals surface area contributed by atoms with E-state index >= 15 is 0 Å². The van der Waals surface area contributed by atoms with Crippen molar-refractivity contribution in [2.45, 2.75) is 25.2 Å². The molecular weight excluding hydrogens is 240 g/mol. The largest absolute Gasteiger partial charge is 0.469 e. The fourth-order valence-corrected chi connectivity index (χ4v) is 2.91. The molecule has 1 atom stereocenters. The molecule has 1 aliphatic rings. The highest BCUT2D eigenvalue weighted by atomic mass is 16.5. The monoisotopic (exact) mass is 254 g/mol. The van der Waals surface area contributed by atoms with Crippen LogP contribution in [0.1, 0.15) is 35.6 Å². The molecule has 0 aliphatic heterocycles. The average molecular weight is 254 g/mol. The van der Waals surface area contributed by atoms with E-state index in [2.05, 4.69) is 11.1 Å². The highest BCUT2D eigenvalue weighted by molar-refractivity contribution is 5.87. The lowest BCUT2D eigenvalue weighted by Gasteiger charge is -2.07. The number of aromatic nitrogens is 1. The number of nitrogens with one attached hydrogen (secondary N) is 1. The van der Waals surface area contributed by atoms with E-state index in [1.165, 1.54) is 12.7 Å². The second-order valence-electron chi connectivity index (χ2n) is 4.91. The van der Waals surface area contributed by atoms with E-state index in [9.17, 15) is 4.79 Å². The third-order valence-corrected chi connectivity index (χ3v) is 3.86. The number of esters is 1. The Morgan fingerprint density at radius 3 is 3.16 bits per heavy atom. The number of carbonyl (C=O) groups excluding carboxylic acids is 1. The Bertz CT molecular complexity index is 694. The Morgan fingerprint density at radius 1 is 1.58 bits per heavy atom. The second-order valence-corrected chi connectivity index (χ2v) is 4.91. The van der Waals surface area contributed by atoms with Crippen molar-refractivity contribution in [1.29, 1.82) is 5.26 Å². The Morgan fingerprint density at radius 2 is 2.42 bits per heavy atom. The molecule has 0 fully saturated rings. The van der Waals surface area contributed by atoms with Gasteiger partial charge in [-0.15, -0.1) is 0 Å². The van der Waals surface area contributed by atoms with E-state index < -0.39 is 0 Å². The fourth-order valence-electron chi connectivity index (χ4n) is 2.91. The minimum Gasteiger partial charge on any atom is -0.469 e. The molecule has 1 unspecified atom stereocenters. The van der Waals surface area contributed by atoms with E-state index in [0.29, 0.717) is 12.0 Å². The van der Waals surface area contributed by atoms with Gasteiger partial charge in [-0.1, -0.05) is 0 Å². The number of nitrogens with zero attached hydrogens (tertiary/aromatic N) is 1. The summed E-state index contributed by atoms with van der Waals surface area (Å²) in [6, 6.07) is 7.83. The number of nitriles is 1. The molecule has 0 radical (unpaired) electrons. The van der Waals surface area contributed by atoms with Crippen molar-refractivity contribution < 1.29 is 9.53 Å². The van der Waals surface area contributed by atoms with Crippen molar-refractivity contribution in [3.8, 4) is 6.07 Å². The summed E-state index contributed by atoms with van der Waals surface area (Å²) in [5, 5.41) is 10.1. The molecule has 0 amide bonds. The number of hydrogen-bond donors (Lipinski definition) is 1. The molecule has 4 heteroatoms. The van der Waals surface area contributed by atoms with Gasteiger partial charge in [0, 0.05) is 22.5 Å². The lowest BCUT2D eigenvalue weighted by atomic mass is 10.0. The number of carbonyl (C=O) groups is 1. The first-order valence-corrected chi connectivity index (χ1v) is 6.34. The summed E-state index contributed by atoms with van der Waals surface area (Å²) < 4.78 is 4.74. The van der Waals surface area contributed by atoms with Crippen LogP contribution in [0.25, 0.3) is 10.9 Å². The summed E-state index contributed by atoms with van der Waals surface area (Å²) in [5.41, 5.74) is 4.10. The van der Waals surface area contributed by atoms with Crippen LogP contribution in [0.2, 0.25) is 0 Å². The van der Waals surface area contributed by atoms with Gasteiger partial charge >= 0.3 is 5.97 Å². The number of ether oxygens (including phenoxy) is 1. The van der Waals surface area contributed by atoms with Crippen molar-refractivity contribution in [2.75, 3.05) is 7.11 Å². The molecule has 96 valence electrons. The van der Waals surface area contributed by atoms with Gasteiger partial charge in [0.1, 0.15) is 0 Å². The van der Waals surface area contributed by atoms with E-state index in [4.69, 9.17) is 10.00 Å². The molecule has 1 aromatic carbocycles. The van der Waals surface area contributed by atoms with Gasteiger partial charge < -0.3 is 9.72 Å². The van der Waals surface area contributed by atoms with E-state index in [0.717, 1.165) is 29.4 Å². The van der Waals surface area contributed by atoms with Crippen LogP contribution in [0.3, 0.4) is 0 Å². The van der Waals surface area contributed by atoms with Gasteiger partial charge in [0.15, 0.2) is 0 Å². The highest BCUT2D eigenvalue weighted by Gasteiger charge is 2.28. The van der Waals surface area contributed by atoms with Gasteiger partial charge in [-0.2, -0.15) is 5.26 Å². The number of fused-ring (bicyclic) bond motifs is 3. The van der Waals surface area contributed by atoms with Crippen molar-refractivity contribution in [3.63, 3.8) is 0 Å². The second kappa shape index (κ2) is 4.43. The summed E-state index contributed by atoms with van der Waals surface area (Å²) in [7, 11) is 1.42. The summed E-state index contributed by atoms with van der Waals surface area (Å²) >= 11 is 0. The molecule has 0 bridgehead atoms. The molecule has 2 aromatic rings. The van der Waals surface area contributed by atoms with Crippen LogP contribution >= 0.6 is 0 Å². The van der Waals surface area contributed by atoms with Crippen molar-refractivity contribution in [1.82, 2.24) is 4.98 Å². The van der Waals surface area contributed by atoms with Crippen LogP contribution in [0.4, 0.5) is 0 Å². The molecule has 1 aromatic heterocycles. The van der Waals surface area contributed by atoms with E-state index in [1.807, 2.05) is 18.2 Å². The zero-order chi connectivity index (χ0) is 13.4. The number of aryl methyl sites for hydroxylation is 1. The molecule has 1 aliphatic carbocycles. The molecular formula is C15H14N2O2. The van der Waals surface area contributed by atoms with Crippen LogP contribution in [0.15, 0.2) is 18.2 Å². The zero-order valence-electron chi connectivity index (χ0n) is 10.7. The summed E-state index contributed by atoms with van der Waals surface area (Å²) in [6.45, 7) is 0. The molecule has 0 spiro atoms. The average Bonchev–Trinajstić information content (AvgIpc) is 2.98. The third kappa shape index (κ3) is 1.88. The van der Waals surface area contributed by atoms with Crippen molar-refractivity contribution in [2.24, 2.45) is 0 Å². The SMILES string of the molecule is COC(=O)CC1CCc2c1[nH]c1ccc(C#N)cc21. The third-order valence-electron chi connectivity index (χ3n) is 3.86. The first kappa shape index (κ1) is 11.8. The predicted molar refractivity (Wildman–Crippen MR) is 70.7 cm³/mol. The molecule has 0 saturated carbocycles. The summed E-state index contributed by atoms with van der Waals surface area (Å²) in [4.78, 5) is 14.8. The minimum atomic E-state index is -0.172. The maximum absolute atomic E-state index is 11.4. The number of benzene rings is 1. The van der Waals surface area contributed by atoms with Gasteiger partial charge in [-0.25, -0.2) is 0 Å². The standard InChI is InChI=1S/C15H14N2O2/c1-19-14(18)7-10-3-4-11-12-6-9(8-16)2-5-13(12)17-15(10)11/h2,5-6,10,17H,3-4,7H2,1H3. The Hall–Kier alpha value is -2.28. The number of rotatable bonds is 2. The van der Waals surface area contributed by atoms with Crippen LogP contribution < -0.4 is 0 Å². The fraction of sp³-hybridized carbons (Fsp3) is 0.333. The molecule has 1 heterocycles. The zero-order valence-corrected chi connectivity index (χ0v) is 10.7. The van der Waals surface area contributed by atoms with Crippen LogP contribution in [-0.2, 0) is 16.0 Å². The highest BCUT2D eigenvalue weighted by Crippen LogP contribution is 2.39. The van der Waals surface area contributed by atoms with Gasteiger partial charge in [-0.05, 0) is 36.6 Å².